The zero-order valence-corrected chi connectivity index (χ0v) is 10.1. The molecule has 0 spiro atoms. The lowest BCUT2D eigenvalue weighted by Gasteiger charge is -2.06. The zero-order chi connectivity index (χ0) is 11.8. The highest BCUT2D eigenvalue weighted by atomic mass is 79.9. The third-order valence-corrected chi connectivity index (χ3v) is 3.18. The quantitative estimate of drug-likeness (QED) is 0.848. The minimum Gasteiger partial charge on any atom is -0.223 e. The summed E-state index contributed by atoms with van der Waals surface area (Å²) in [4.78, 5) is 3.27. The lowest BCUT2D eigenvalue weighted by Crippen LogP contribution is -2.14. The summed E-state index contributed by atoms with van der Waals surface area (Å²) in [6, 6.07) is 0.878. The SMILES string of the molecule is NS(=O)(=O)c1cc(Br)c(C(F)F)c(Cl)n1. The summed E-state index contributed by atoms with van der Waals surface area (Å²) < 4.78 is 46.3. The van der Waals surface area contributed by atoms with Gasteiger partial charge >= 0.3 is 0 Å². The van der Waals surface area contributed by atoms with Gasteiger partial charge in [0.1, 0.15) is 5.15 Å². The smallest absolute Gasteiger partial charge is 0.223 e. The first-order chi connectivity index (χ1) is 6.73. The van der Waals surface area contributed by atoms with Crippen molar-refractivity contribution in [3.63, 3.8) is 0 Å². The van der Waals surface area contributed by atoms with Crippen LogP contribution >= 0.6 is 27.5 Å². The maximum absolute atomic E-state index is 12.4. The van der Waals surface area contributed by atoms with E-state index in [0.717, 1.165) is 6.07 Å². The highest BCUT2D eigenvalue weighted by molar-refractivity contribution is 9.10. The predicted octanol–water partition coefficient (Wildman–Crippen LogP) is 2.08. The molecule has 4 nitrogen and oxygen atoms in total. The van der Waals surface area contributed by atoms with E-state index in [0.29, 0.717) is 0 Å². The standard InChI is InChI=1S/C6H4BrClF2N2O2S/c7-2-1-3(15(11,13)14)12-5(8)4(2)6(9)10/h1,6H,(H2,11,13,14). The monoisotopic (exact) mass is 320 g/mol. The van der Waals surface area contributed by atoms with E-state index in [1.165, 1.54) is 0 Å². The summed E-state index contributed by atoms with van der Waals surface area (Å²) in [5.74, 6) is 0. The van der Waals surface area contributed by atoms with E-state index in [2.05, 4.69) is 20.9 Å². The van der Waals surface area contributed by atoms with E-state index in [4.69, 9.17) is 16.7 Å². The molecule has 0 aliphatic rings. The Morgan fingerprint density at radius 1 is 1.53 bits per heavy atom. The largest absolute Gasteiger partial charge is 0.267 e. The van der Waals surface area contributed by atoms with Crippen molar-refractivity contribution >= 4 is 37.6 Å². The van der Waals surface area contributed by atoms with Gasteiger partial charge in [0.2, 0.25) is 0 Å². The number of alkyl halides is 2. The molecule has 0 amide bonds. The van der Waals surface area contributed by atoms with Crippen LogP contribution in [0, 0.1) is 0 Å². The summed E-state index contributed by atoms with van der Waals surface area (Å²) >= 11 is 8.16. The molecule has 0 aromatic carbocycles. The van der Waals surface area contributed by atoms with Crippen molar-refractivity contribution in [3.8, 4) is 0 Å². The topological polar surface area (TPSA) is 73.1 Å². The molecule has 0 saturated carbocycles. The summed E-state index contributed by atoms with van der Waals surface area (Å²) in [7, 11) is -4.06. The van der Waals surface area contributed by atoms with Crippen molar-refractivity contribution in [2.45, 2.75) is 11.5 Å². The molecular weight excluding hydrogens is 317 g/mol. The van der Waals surface area contributed by atoms with Gasteiger partial charge in [0.25, 0.3) is 16.4 Å². The van der Waals surface area contributed by atoms with Gasteiger partial charge in [-0.05, 0) is 6.07 Å². The Balaban J connectivity index is 3.45. The molecule has 1 aromatic rings. The lowest BCUT2D eigenvalue weighted by molar-refractivity contribution is 0.150. The molecule has 0 aliphatic carbocycles. The van der Waals surface area contributed by atoms with Crippen molar-refractivity contribution in [1.29, 1.82) is 0 Å². The van der Waals surface area contributed by atoms with Crippen LogP contribution in [0.4, 0.5) is 8.78 Å². The van der Waals surface area contributed by atoms with Crippen LogP contribution in [0.1, 0.15) is 12.0 Å². The van der Waals surface area contributed by atoms with E-state index in [1.807, 2.05) is 0 Å². The number of rotatable bonds is 2. The second kappa shape index (κ2) is 4.28. The van der Waals surface area contributed by atoms with Crippen LogP contribution in [0.25, 0.3) is 0 Å². The first kappa shape index (κ1) is 12.8. The average molecular weight is 322 g/mol. The maximum Gasteiger partial charge on any atom is 0.267 e. The van der Waals surface area contributed by atoms with E-state index in [-0.39, 0.29) is 4.47 Å². The summed E-state index contributed by atoms with van der Waals surface area (Å²) in [5.41, 5.74) is -0.566. The average Bonchev–Trinajstić information content (AvgIpc) is 1.99. The Kier molecular flexibility index (Phi) is 3.64. The molecule has 0 fully saturated rings. The molecule has 1 rings (SSSR count). The van der Waals surface area contributed by atoms with Gasteiger partial charge in [0.05, 0.1) is 5.56 Å². The Bertz CT molecular complexity index is 471. The Labute approximate surface area is 97.6 Å². The lowest BCUT2D eigenvalue weighted by atomic mass is 10.3. The summed E-state index contributed by atoms with van der Waals surface area (Å²) in [6.07, 6.45) is -2.85. The number of hydrogen-bond donors (Lipinski definition) is 1. The number of halogens is 4. The van der Waals surface area contributed by atoms with E-state index in [9.17, 15) is 17.2 Å². The van der Waals surface area contributed by atoms with Gasteiger partial charge in [0, 0.05) is 4.47 Å². The number of sulfonamides is 1. The molecule has 0 bridgehead atoms. The van der Waals surface area contributed by atoms with Crippen molar-refractivity contribution in [2.24, 2.45) is 5.14 Å². The molecule has 0 saturated heterocycles. The van der Waals surface area contributed by atoms with Crippen LogP contribution in [0.2, 0.25) is 5.15 Å². The second-order valence-corrected chi connectivity index (χ2v) is 5.21. The molecule has 0 radical (unpaired) electrons. The van der Waals surface area contributed by atoms with Crippen LogP contribution in [-0.2, 0) is 10.0 Å². The number of primary sulfonamides is 1. The normalized spacial score (nSPS) is 12.1. The molecule has 15 heavy (non-hydrogen) atoms. The third kappa shape index (κ3) is 2.83. The molecular formula is C6H4BrClF2N2O2S. The Morgan fingerprint density at radius 3 is 2.40 bits per heavy atom. The first-order valence-electron chi connectivity index (χ1n) is 3.40. The van der Waals surface area contributed by atoms with E-state index in [1.54, 1.807) is 0 Å². The molecule has 9 heteroatoms. The van der Waals surface area contributed by atoms with Gasteiger partial charge in [-0.3, -0.25) is 0 Å². The second-order valence-electron chi connectivity index (χ2n) is 2.49. The minimum atomic E-state index is -4.06. The number of pyridine rings is 1. The molecule has 0 unspecified atom stereocenters. The molecule has 2 N–H and O–H groups in total. The van der Waals surface area contributed by atoms with E-state index < -0.39 is 32.2 Å². The molecule has 1 heterocycles. The molecule has 1 aromatic heterocycles. The van der Waals surface area contributed by atoms with Crippen molar-refractivity contribution in [3.05, 3.63) is 21.3 Å². The first-order valence-corrected chi connectivity index (χ1v) is 6.12. The van der Waals surface area contributed by atoms with Crippen molar-refractivity contribution < 1.29 is 17.2 Å². The van der Waals surface area contributed by atoms with Crippen LogP contribution in [0.5, 0.6) is 0 Å². The van der Waals surface area contributed by atoms with Gasteiger partial charge in [-0.15, -0.1) is 0 Å². The van der Waals surface area contributed by atoms with Crippen molar-refractivity contribution in [2.75, 3.05) is 0 Å². The molecule has 0 atom stereocenters. The van der Waals surface area contributed by atoms with Crippen LogP contribution in [-0.4, -0.2) is 13.4 Å². The Hall–Kier alpha value is -0.310. The van der Waals surface area contributed by atoms with Crippen LogP contribution in [0.3, 0.4) is 0 Å². The minimum absolute atomic E-state index is 0.151. The van der Waals surface area contributed by atoms with Crippen LogP contribution in [0.15, 0.2) is 15.6 Å². The number of nitrogens with zero attached hydrogens (tertiary/aromatic N) is 1. The molecule has 0 aliphatic heterocycles. The van der Waals surface area contributed by atoms with Gasteiger partial charge in [-0.25, -0.2) is 27.3 Å². The highest BCUT2D eigenvalue weighted by Crippen LogP contribution is 2.33. The fourth-order valence-corrected chi connectivity index (χ4v) is 2.48. The number of aromatic nitrogens is 1. The highest BCUT2D eigenvalue weighted by Gasteiger charge is 2.21. The predicted molar refractivity (Wildman–Crippen MR) is 53.3 cm³/mol. The summed E-state index contributed by atoms with van der Waals surface area (Å²) in [5, 5.41) is 3.60. The number of nitrogens with two attached hydrogens (primary N) is 1. The fourth-order valence-electron chi connectivity index (χ4n) is 0.814. The third-order valence-electron chi connectivity index (χ3n) is 1.45. The molecule has 84 valence electrons. The fraction of sp³-hybridized carbons (Fsp3) is 0.167. The van der Waals surface area contributed by atoms with E-state index >= 15 is 0 Å². The van der Waals surface area contributed by atoms with Gasteiger partial charge in [-0.1, -0.05) is 27.5 Å². The number of hydrogen-bond acceptors (Lipinski definition) is 3. The van der Waals surface area contributed by atoms with Crippen molar-refractivity contribution in [1.82, 2.24) is 4.98 Å². The van der Waals surface area contributed by atoms with Gasteiger partial charge < -0.3 is 0 Å². The summed E-state index contributed by atoms with van der Waals surface area (Å²) in [6.45, 7) is 0. The van der Waals surface area contributed by atoms with Crippen LogP contribution < -0.4 is 5.14 Å². The maximum atomic E-state index is 12.4. The van der Waals surface area contributed by atoms with Gasteiger partial charge in [0.15, 0.2) is 5.03 Å². The zero-order valence-electron chi connectivity index (χ0n) is 6.92. The Morgan fingerprint density at radius 2 is 2.07 bits per heavy atom. The van der Waals surface area contributed by atoms with Gasteiger partial charge in [-0.2, -0.15) is 0 Å².